The first-order valence-electron chi connectivity index (χ1n) is 5.64. The maximum atomic E-state index is 4.84. The predicted octanol–water partition coefficient (Wildman–Crippen LogP) is 4.62. The van der Waals surface area contributed by atoms with Crippen molar-refractivity contribution in [2.45, 2.75) is 59.3 Å². The highest BCUT2D eigenvalue weighted by molar-refractivity contribution is 7.78. The summed E-state index contributed by atoms with van der Waals surface area (Å²) in [6, 6.07) is 0. The van der Waals surface area contributed by atoms with Crippen LogP contribution in [-0.4, -0.2) is 5.37 Å². The van der Waals surface area contributed by atoms with Crippen LogP contribution in [0.2, 0.25) is 0 Å². The molecular weight excluding hydrogens is 176 g/mol. The molecule has 1 heteroatoms. The van der Waals surface area contributed by atoms with E-state index in [1.807, 2.05) is 5.37 Å². The van der Waals surface area contributed by atoms with Gasteiger partial charge in [-0.3, -0.25) is 0 Å². The van der Waals surface area contributed by atoms with Crippen LogP contribution < -0.4 is 0 Å². The minimum Gasteiger partial charge on any atom is -0.0935 e. The van der Waals surface area contributed by atoms with Gasteiger partial charge in [0.05, 0.1) is 0 Å². The first-order valence-corrected chi connectivity index (χ1v) is 6.11. The van der Waals surface area contributed by atoms with E-state index >= 15 is 0 Å². The molecule has 0 spiro atoms. The molecule has 0 fully saturated rings. The molecule has 0 radical (unpaired) electrons. The molecule has 0 saturated carbocycles. The van der Waals surface area contributed by atoms with Crippen molar-refractivity contribution in [2.75, 3.05) is 0 Å². The van der Waals surface area contributed by atoms with Gasteiger partial charge in [0.15, 0.2) is 0 Å². The van der Waals surface area contributed by atoms with Crippen LogP contribution in [0.4, 0.5) is 0 Å². The van der Waals surface area contributed by atoms with Crippen LogP contribution in [0.1, 0.15) is 59.3 Å². The van der Waals surface area contributed by atoms with E-state index in [4.69, 9.17) is 12.2 Å². The van der Waals surface area contributed by atoms with E-state index in [-0.39, 0.29) is 0 Å². The average molecular weight is 200 g/mol. The van der Waals surface area contributed by atoms with Gasteiger partial charge in [-0.25, -0.2) is 0 Å². The smallest absolute Gasteiger partial charge is 0.0208 e. The Kier molecular flexibility index (Phi) is 8.74. The molecule has 0 aliphatic carbocycles. The lowest BCUT2D eigenvalue weighted by atomic mass is 9.97. The van der Waals surface area contributed by atoms with E-state index in [9.17, 15) is 0 Å². The quantitative estimate of drug-likeness (QED) is 0.407. The summed E-state index contributed by atoms with van der Waals surface area (Å²) >= 11 is 4.84. The van der Waals surface area contributed by atoms with Crippen LogP contribution >= 0.6 is 12.2 Å². The van der Waals surface area contributed by atoms with Crippen LogP contribution in [0.5, 0.6) is 0 Å². The van der Waals surface area contributed by atoms with Crippen LogP contribution in [-0.2, 0) is 0 Å². The van der Waals surface area contributed by atoms with Gasteiger partial charge in [0.2, 0.25) is 0 Å². The zero-order valence-corrected chi connectivity index (χ0v) is 10.2. The molecule has 0 aliphatic heterocycles. The van der Waals surface area contributed by atoms with Gasteiger partial charge < -0.3 is 0 Å². The number of unbranched alkanes of at least 4 members (excludes halogenated alkanes) is 1. The highest BCUT2D eigenvalue weighted by Gasteiger charge is 2.01. The van der Waals surface area contributed by atoms with E-state index in [0.717, 1.165) is 18.3 Å². The van der Waals surface area contributed by atoms with E-state index in [1.54, 1.807) is 0 Å². The van der Waals surface area contributed by atoms with Crippen LogP contribution in [0.15, 0.2) is 0 Å². The second kappa shape index (κ2) is 8.68. The number of rotatable bonds is 8. The molecule has 2 unspecified atom stereocenters. The Hall–Kier alpha value is 0.0900. The Balaban J connectivity index is 3.19. The first kappa shape index (κ1) is 13.1. The molecule has 0 saturated heterocycles. The van der Waals surface area contributed by atoms with Crippen LogP contribution in [0, 0.1) is 11.8 Å². The summed E-state index contributed by atoms with van der Waals surface area (Å²) in [5.41, 5.74) is 0. The Morgan fingerprint density at radius 1 is 1.08 bits per heavy atom. The van der Waals surface area contributed by atoms with E-state index in [0.29, 0.717) is 0 Å². The second-order valence-electron chi connectivity index (χ2n) is 4.31. The van der Waals surface area contributed by atoms with Crippen molar-refractivity contribution in [1.82, 2.24) is 0 Å². The van der Waals surface area contributed by atoms with Crippen molar-refractivity contribution < 1.29 is 0 Å². The third kappa shape index (κ3) is 8.42. The Morgan fingerprint density at radius 2 is 1.62 bits per heavy atom. The molecule has 0 N–H and O–H groups in total. The van der Waals surface area contributed by atoms with Crippen LogP contribution in [0.3, 0.4) is 0 Å². The van der Waals surface area contributed by atoms with Gasteiger partial charge in [-0.1, -0.05) is 65.1 Å². The third-order valence-corrected chi connectivity index (χ3v) is 3.03. The molecule has 0 bridgehead atoms. The fraction of sp³-hybridized carbons (Fsp3) is 0.917. The summed E-state index contributed by atoms with van der Waals surface area (Å²) in [4.78, 5) is 0. The summed E-state index contributed by atoms with van der Waals surface area (Å²) in [5.74, 6) is 1.72. The summed E-state index contributed by atoms with van der Waals surface area (Å²) < 4.78 is 0. The Bertz CT molecular complexity index is 120. The van der Waals surface area contributed by atoms with Crippen molar-refractivity contribution in [2.24, 2.45) is 11.8 Å². The molecule has 0 rings (SSSR count). The summed E-state index contributed by atoms with van der Waals surface area (Å²) in [5, 5.41) is 1.87. The third-order valence-electron chi connectivity index (χ3n) is 2.84. The highest BCUT2D eigenvalue weighted by atomic mass is 32.1. The van der Waals surface area contributed by atoms with Gasteiger partial charge in [-0.05, 0) is 23.6 Å². The molecule has 78 valence electrons. The van der Waals surface area contributed by atoms with Gasteiger partial charge >= 0.3 is 0 Å². The number of thiocarbonyl (C=S) groups is 1. The molecular formula is C12H24S. The van der Waals surface area contributed by atoms with Crippen molar-refractivity contribution >= 4 is 17.6 Å². The van der Waals surface area contributed by atoms with E-state index < -0.39 is 0 Å². The SMILES string of the molecule is CCC(C)CCCCC(C)CC=S. The molecule has 0 aliphatic rings. The minimum absolute atomic E-state index is 0.800. The fourth-order valence-corrected chi connectivity index (χ4v) is 1.80. The highest BCUT2D eigenvalue weighted by Crippen LogP contribution is 2.16. The molecule has 13 heavy (non-hydrogen) atoms. The molecule has 0 heterocycles. The maximum absolute atomic E-state index is 4.84. The van der Waals surface area contributed by atoms with Crippen molar-refractivity contribution in [3.63, 3.8) is 0 Å². The summed E-state index contributed by atoms with van der Waals surface area (Å²) in [6.07, 6.45) is 7.98. The lowest BCUT2D eigenvalue weighted by Gasteiger charge is -2.10. The fourth-order valence-electron chi connectivity index (χ4n) is 1.47. The number of hydrogen-bond donors (Lipinski definition) is 0. The molecule has 0 amide bonds. The zero-order valence-electron chi connectivity index (χ0n) is 9.38. The average Bonchev–Trinajstić information content (AvgIpc) is 2.12. The normalized spacial score (nSPS) is 15.3. The molecule has 0 nitrogen and oxygen atoms in total. The van der Waals surface area contributed by atoms with E-state index in [1.165, 1.54) is 32.1 Å². The van der Waals surface area contributed by atoms with Crippen molar-refractivity contribution in [1.29, 1.82) is 0 Å². The summed E-state index contributed by atoms with van der Waals surface area (Å²) in [7, 11) is 0. The minimum atomic E-state index is 0.800. The lowest BCUT2D eigenvalue weighted by molar-refractivity contribution is 0.448. The maximum Gasteiger partial charge on any atom is -0.0208 e. The largest absolute Gasteiger partial charge is 0.0935 e. The zero-order chi connectivity index (χ0) is 10.1. The molecule has 0 aromatic heterocycles. The summed E-state index contributed by atoms with van der Waals surface area (Å²) in [6.45, 7) is 6.92. The Morgan fingerprint density at radius 3 is 2.08 bits per heavy atom. The Labute approximate surface area is 89.1 Å². The standard InChI is InChI=1S/C12H24S/c1-4-11(2)7-5-6-8-12(3)9-10-13/h10-12H,4-9H2,1-3H3. The topological polar surface area (TPSA) is 0 Å². The second-order valence-corrected chi connectivity index (χ2v) is 4.64. The number of hydrogen-bond acceptors (Lipinski definition) is 1. The lowest BCUT2D eigenvalue weighted by Crippen LogP contribution is -1.96. The molecule has 2 atom stereocenters. The molecule has 0 aromatic carbocycles. The van der Waals surface area contributed by atoms with Crippen molar-refractivity contribution in [3.8, 4) is 0 Å². The molecule has 0 aromatic rings. The van der Waals surface area contributed by atoms with Crippen LogP contribution in [0.25, 0.3) is 0 Å². The van der Waals surface area contributed by atoms with Gasteiger partial charge in [-0.2, -0.15) is 0 Å². The van der Waals surface area contributed by atoms with E-state index in [2.05, 4.69) is 20.8 Å². The van der Waals surface area contributed by atoms with Gasteiger partial charge in [0, 0.05) is 0 Å². The first-order chi connectivity index (χ1) is 6.20. The van der Waals surface area contributed by atoms with Gasteiger partial charge in [0.25, 0.3) is 0 Å². The van der Waals surface area contributed by atoms with Gasteiger partial charge in [0.1, 0.15) is 0 Å². The van der Waals surface area contributed by atoms with Crippen molar-refractivity contribution in [3.05, 3.63) is 0 Å². The monoisotopic (exact) mass is 200 g/mol. The predicted molar refractivity (Wildman–Crippen MR) is 65.4 cm³/mol. The van der Waals surface area contributed by atoms with Gasteiger partial charge in [-0.15, -0.1) is 0 Å².